The Morgan fingerprint density at radius 2 is 1.11 bits per heavy atom. The molecule has 7 nitrogen and oxygen atoms in total. The molecule has 5 aromatic carbocycles. The van der Waals surface area contributed by atoms with E-state index in [1.807, 2.05) is 41.1 Å². The number of rotatable bonds is 8. The highest BCUT2D eigenvalue weighted by atomic mass is 79.9. The fraction of sp³-hybridized carbons (Fsp3) is 0.0500. The molecule has 2 aromatic heterocycles. The number of aromatic nitrogens is 2. The van der Waals surface area contributed by atoms with Gasteiger partial charge in [-0.2, -0.15) is 0 Å². The van der Waals surface area contributed by atoms with Gasteiger partial charge < -0.3 is 14.6 Å². The quantitative estimate of drug-likeness (QED) is 0.152. The van der Waals surface area contributed by atoms with E-state index in [9.17, 15) is 14.7 Å². The Morgan fingerprint density at radius 3 is 1.60 bits per heavy atom. The first-order valence-corrected chi connectivity index (χ1v) is 20.2. The maximum atomic E-state index is 12.0. The second-order valence-corrected chi connectivity index (χ2v) is 16.0. The lowest BCUT2D eigenvalue weighted by Crippen LogP contribution is -2.02. The van der Waals surface area contributed by atoms with Crippen LogP contribution < -0.4 is 4.74 Å². The first-order chi connectivity index (χ1) is 26.4. The number of benzene rings is 5. The van der Waals surface area contributed by atoms with Crippen molar-refractivity contribution in [3.63, 3.8) is 0 Å². The zero-order valence-electron chi connectivity index (χ0n) is 28.4. The topological polar surface area (TPSA) is 98.6 Å². The van der Waals surface area contributed by atoms with Gasteiger partial charge in [0.15, 0.2) is 0 Å². The molecule has 278 valence electrons. The molecular formula is C40H24BrCl5N2O5S2. The van der Waals surface area contributed by atoms with Gasteiger partial charge in [-0.15, -0.1) is 22.7 Å². The minimum absolute atomic E-state index is 0.135. The summed E-state index contributed by atoms with van der Waals surface area (Å²) in [5.41, 5.74) is 6.52. The fourth-order valence-corrected chi connectivity index (χ4v) is 8.17. The predicted molar refractivity (Wildman–Crippen MR) is 229 cm³/mol. The van der Waals surface area contributed by atoms with Gasteiger partial charge in [-0.1, -0.05) is 88.3 Å². The highest BCUT2D eigenvalue weighted by Crippen LogP contribution is 2.38. The van der Waals surface area contributed by atoms with E-state index in [0.717, 1.165) is 33.1 Å². The van der Waals surface area contributed by atoms with Crippen molar-refractivity contribution < 1.29 is 24.2 Å². The molecule has 1 N–H and O–H groups in total. The molecule has 0 aliphatic rings. The first kappa shape index (κ1) is 40.7. The molecule has 2 heterocycles. The molecule has 55 heavy (non-hydrogen) atoms. The van der Waals surface area contributed by atoms with E-state index in [1.54, 1.807) is 67.8 Å². The first-order valence-electron chi connectivity index (χ1n) is 15.8. The maximum absolute atomic E-state index is 12.0. The maximum Gasteiger partial charge on any atom is 0.339 e. The number of hydrogen-bond acceptors (Lipinski definition) is 8. The Hall–Kier alpha value is -3.97. The molecule has 0 unspecified atom stereocenters. The Bertz CT molecular complexity index is 2580. The summed E-state index contributed by atoms with van der Waals surface area (Å²) in [7, 11) is 2.90. The molecular weight excluding hydrogens is 910 g/mol. The van der Waals surface area contributed by atoms with Crippen molar-refractivity contribution >= 4 is 109 Å². The molecule has 0 spiro atoms. The zero-order chi connectivity index (χ0) is 39.4. The Kier molecular flexibility index (Phi) is 13.2. The van der Waals surface area contributed by atoms with Gasteiger partial charge in [-0.25, -0.2) is 19.6 Å². The van der Waals surface area contributed by atoms with E-state index in [0.29, 0.717) is 62.6 Å². The third kappa shape index (κ3) is 9.36. The number of thiazole rings is 2. The Morgan fingerprint density at radius 1 is 0.600 bits per heavy atom. The molecule has 15 heteroatoms. The number of aromatic carboxylic acids is 1. The molecule has 7 rings (SSSR count). The van der Waals surface area contributed by atoms with Crippen LogP contribution in [0.1, 0.15) is 20.7 Å². The van der Waals surface area contributed by atoms with Gasteiger partial charge in [0.25, 0.3) is 0 Å². The van der Waals surface area contributed by atoms with Gasteiger partial charge in [0, 0.05) is 43.1 Å². The van der Waals surface area contributed by atoms with Crippen LogP contribution in [-0.2, 0) is 4.74 Å². The minimum Gasteiger partial charge on any atom is -0.497 e. The van der Waals surface area contributed by atoms with Gasteiger partial charge in [0.05, 0.1) is 61.8 Å². The van der Waals surface area contributed by atoms with E-state index >= 15 is 0 Å². The number of nitrogens with zero attached hydrogens (tertiary/aromatic N) is 2. The van der Waals surface area contributed by atoms with E-state index in [-0.39, 0.29) is 5.56 Å². The Labute approximate surface area is 357 Å². The number of ether oxygens (including phenoxy) is 2. The molecule has 0 saturated carbocycles. The molecule has 7 aromatic rings. The van der Waals surface area contributed by atoms with Gasteiger partial charge in [0.1, 0.15) is 15.8 Å². The molecule has 0 bridgehead atoms. The van der Waals surface area contributed by atoms with Crippen LogP contribution in [0.5, 0.6) is 5.75 Å². The lowest BCUT2D eigenvalue weighted by molar-refractivity contribution is 0.0598. The lowest BCUT2D eigenvalue weighted by Gasteiger charge is -2.11. The van der Waals surface area contributed by atoms with Crippen molar-refractivity contribution in [2.45, 2.75) is 0 Å². The predicted octanol–water partition coefficient (Wildman–Crippen LogP) is 14.1. The minimum atomic E-state index is -1.05. The number of carboxylic acids is 1. The van der Waals surface area contributed by atoms with Gasteiger partial charge in [-0.05, 0) is 82.2 Å². The smallest absolute Gasteiger partial charge is 0.339 e. The van der Waals surface area contributed by atoms with Crippen LogP contribution in [-0.4, -0.2) is 41.2 Å². The average Bonchev–Trinajstić information content (AvgIpc) is 3.89. The van der Waals surface area contributed by atoms with Gasteiger partial charge >= 0.3 is 11.9 Å². The monoisotopic (exact) mass is 930 g/mol. The van der Waals surface area contributed by atoms with E-state index in [4.69, 9.17) is 67.5 Å². The highest BCUT2D eigenvalue weighted by Gasteiger charge is 2.18. The van der Waals surface area contributed by atoms with E-state index in [1.165, 1.54) is 29.8 Å². The van der Waals surface area contributed by atoms with Crippen LogP contribution in [0.3, 0.4) is 0 Å². The molecule has 0 aliphatic carbocycles. The van der Waals surface area contributed by atoms with Crippen LogP contribution >= 0.6 is 96.6 Å². The number of hydrogen-bond donors (Lipinski definition) is 1. The second kappa shape index (κ2) is 17.9. The standard InChI is InChI=1S/C23H14Cl3NO3S.C17H10BrCl2NO2S/c1-30-14-4-6-16(19(25)10-14)15-5-2-13(8-17(15)23(28)29)22-27-21(11-31-22)12-3-7-18(24)20(26)9-12;1-23-17(22)11-6-10(2-4-12(11)18)16-21-15(8-24-16)9-3-5-13(19)14(20)7-9/h2-11H,1H3,(H,28,29);2-8H,1H3. The Balaban J connectivity index is 0.000000193. The fourth-order valence-electron chi connectivity index (χ4n) is 5.24. The van der Waals surface area contributed by atoms with E-state index in [2.05, 4.69) is 25.9 Å². The summed E-state index contributed by atoms with van der Waals surface area (Å²) in [5, 5.41) is 17.5. The summed E-state index contributed by atoms with van der Waals surface area (Å²) in [6.07, 6.45) is 0. The largest absolute Gasteiger partial charge is 0.497 e. The summed E-state index contributed by atoms with van der Waals surface area (Å²) < 4.78 is 10.6. The van der Waals surface area contributed by atoms with Crippen molar-refractivity contribution in [3.8, 4) is 60.5 Å². The number of carbonyl (C=O) groups is 2. The normalized spacial score (nSPS) is 10.8. The van der Waals surface area contributed by atoms with Crippen molar-refractivity contribution in [1.82, 2.24) is 9.97 Å². The number of esters is 1. The summed E-state index contributed by atoms with van der Waals surface area (Å²) in [6.45, 7) is 0. The molecule has 0 amide bonds. The number of halogens is 6. The number of carbonyl (C=O) groups excluding carboxylic acids is 1. The zero-order valence-corrected chi connectivity index (χ0v) is 35.4. The number of carboxylic acid groups (broad SMARTS) is 1. The van der Waals surface area contributed by atoms with Crippen molar-refractivity contribution in [3.05, 3.63) is 142 Å². The molecule has 0 radical (unpaired) electrons. The summed E-state index contributed by atoms with van der Waals surface area (Å²) in [4.78, 5) is 33.1. The summed E-state index contributed by atoms with van der Waals surface area (Å²) >= 11 is 36.7. The summed E-state index contributed by atoms with van der Waals surface area (Å²) in [6, 6.07) is 26.5. The van der Waals surface area contributed by atoms with Crippen LogP contribution in [0.25, 0.3) is 54.8 Å². The number of methoxy groups -OCH3 is 2. The van der Waals surface area contributed by atoms with Crippen LogP contribution in [0.2, 0.25) is 25.1 Å². The lowest BCUT2D eigenvalue weighted by atomic mass is 9.97. The van der Waals surface area contributed by atoms with Crippen molar-refractivity contribution in [1.29, 1.82) is 0 Å². The van der Waals surface area contributed by atoms with Gasteiger partial charge in [0.2, 0.25) is 0 Å². The van der Waals surface area contributed by atoms with Crippen LogP contribution in [0, 0.1) is 0 Å². The molecule has 0 aliphatic heterocycles. The van der Waals surface area contributed by atoms with Crippen molar-refractivity contribution in [2.75, 3.05) is 14.2 Å². The average molecular weight is 934 g/mol. The highest BCUT2D eigenvalue weighted by molar-refractivity contribution is 9.10. The van der Waals surface area contributed by atoms with Crippen LogP contribution in [0.15, 0.2) is 106 Å². The second-order valence-electron chi connectivity index (χ2n) is 11.4. The van der Waals surface area contributed by atoms with Crippen LogP contribution in [0.4, 0.5) is 0 Å². The SMILES string of the molecule is COC(=O)c1cc(-c2nc(-c3ccc(Cl)c(Cl)c3)cs2)ccc1Br.COc1ccc(-c2ccc(-c3nc(-c4ccc(Cl)c(Cl)c4)cs3)cc2C(=O)O)c(Cl)c1. The third-order valence-electron chi connectivity index (χ3n) is 8.02. The summed E-state index contributed by atoms with van der Waals surface area (Å²) in [5.74, 6) is -0.852. The molecule has 0 fully saturated rings. The van der Waals surface area contributed by atoms with Gasteiger partial charge in [-0.3, -0.25) is 0 Å². The molecule has 0 saturated heterocycles. The van der Waals surface area contributed by atoms with E-state index < -0.39 is 11.9 Å². The molecule has 0 atom stereocenters. The third-order valence-corrected chi connectivity index (χ3v) is 12.3. The van der Waals surface area contributed by atoms with Crippen molar-refractivity contribution in [2.24, 2.45) is 0 Å².